The van der Waals surface area contributed by atoms with Crippen LogP contribution in [0.2, 0.25) is 0 Å². The number of nitrogens with one attached hydrogen (secondary N) is 1. The van der Waals surface area contributed by atoms with E-state index < -0.39 is 5.56 Å². The van der Waals surface area contributed by atoms with E-state index in [-0.39, 0.29) is 29.9 Å². The zero-order chi connectivity index (χ0) is 13.6. The third kappa shape index (κ3) is 1.68. The molecule has 2 aromatic heterocycles. The van der Waals surface area contributed by atoms with Gasteiger partial charge in [0.2, 0.25) is 5.95 Å². The Labute approximate surface area is 107 Å². The minimum atomic E-state index is -0.405. The van der Waals surface area contributed by atoms with Gasteiger partial charge in [-0.1, -0.05) is 0 Å². The predicted octanol–water partition coefficient (Wildman–Crippen LogP) is -0.159. The molecule has 19 heavy (non-hydrogen) atoms. The first kappa shape index (κ1) is 11.7. The molecule has 1 aliphatic rings. The van der Waals surface area contributed by atoms with Crippen LogP contribution in [-0.2, 0) is 0 Å². The quantitative estimate of drug-likeness (QED) is 0.595. The lowest BCUT2D eigenvalue weighted by Gasteiger charge is -2.15. The van der Waals surface area contributed by atoms with Crippen molar-refractivity contribution in [3.05, 3.63) is 28.0 Å². The van der Waals surface area contributed by atoms with Gasteiger partial charge in [0.1, 0.15) is 0 Å². The summed E-state index contributed by atoms with van der Waals surface area (Å²) in [5, 5.41) is 19.0. The van der Waals surface area contributed by atoms with E-state index >= 15 is 0 Å². The molecule has 1 atom stereocenters. The van der Waals surface area contributed by atoms with Crippen molar-refractivity contribution < 1.29 is 10.2 Å². The second kappa shape index (κ2) is 4.09. The highest BCUT2D eigenvalue weighted by Crippen LogP contribution is 2.35. The zero-order valence-electron chi connectivity index (χ0n) is 10.00. The zero-order valence-corrected chi connectivity index (χ0v) is 10.00. The molecule has 1 unspecified atom stereocenters. The second-order valence-corrected chi connectivity index (χ2v) is 4.46. The maximum absolute atomic E-state index is 11.7. The largest absolute Gasteiger partial charge is 0.512 e. The number of aromatic amines is 1. The van der Waals surface area contributed by atoms with E-state index in [1.165, 1.54) is 6.33 Å². The standard InChI is InChI=1S/C11H13N5O3/c12-11-14-9-8(10(19)15-11)13-4-16(9)6-1-2-7(18)5(6)3-17/h4,6,17-18H,1-3H2,(H3,12,14,15,19). The van der Waals surface area contributed by atoms with E-state index in [4.69, 9.17) is 5.73 Å². The molecule has 8 heteroatoms. The van der Waals surface area contributed by atoms with Gasteiger partial charge in [-0.25, -0.2) is 4.98 Å². The van der Waals surface area contributed by atoms with E-state index in [2.05, 4.69) is 15.0 Å². The molecule has 0 saturated heterocycles. The van der Waals surface area contributed by atoms with Crippen molar-refractivity contribution in [3.63, 3.8) is 0 Å². The molecule has 0 fully saturated rings. The lowest BCUT2D eigenvalue weighted by Crippen LogP contribution is -2.15. The lowest BCUT2D eigenvalue weighted by molar-refractivity contribution is 0.305. The molecule has 0 amide bonds. The van der Waals surface area contributed by atoms with Gasteiger partial charge in [-0.15, -0.1) is 0 Å². The summed E-state index contributed by atoms with van der Waals surface area (Å²) in [6, 6.07) is -0.247. The number of nitrogens with zero attached hydrogens (tertiary/aromatic N) is 3. The van der Waals surface area contributed by atoms with Crippen LogP contribution < -0.4 is 11.3 Å². The Balaban J connectivity index is 2.20. The Morgan fingerprint density at radius 2 is 2.37 bits per heavy atom. The molecule has 3 rings (SSSR count). The third-order valence-electron chi connectivity index (χ3n) is 3.38. The Morgan fingerprint density at radius 1 is 1.58 bits per heavy atom. The molecule has 0 radical (unpaired) electrons. The van der Waals surface area contributed by atoms with Crippen molar-refractivity contribution in [1.29, 1.82) is 0 Å². The Morgan fingerprint density at radius 3 is 3.11 bits per heavy atom. The molecule has 1 aliphatic carbocycles. The van der Waals surface area contributed by atoms with Crippen LogP contribution in [0.3, 0.4) is 0 Å². The average Bonchev–Trinajstić information content (AvgIpc) is 2.92. The lowest BCUT2D eigenvalue weighted by atomic mass is 10.1. The molecule has 0 aromatic carbocycles. The predicted molar refractivity (Wildman–Crippen MR) is 67.6 cm³/mol. The first-order valence-electron chi connectivity index (χ1n) is 5.86. The van der Waals surface area contributed by atoms with E-state index in [9.17, 15) is 15.0 Å². The van der Waals surface area contributed by atoms with Crippen LogP contribution in [0.5, 0.6) is 0 Å². The van der Waals surface area contributed by atoms with Crippen LogP contribution in [0.1, 0.15) is 18.9 Å². The van der Waals surface area contributed by atoms with Crippen molar-refractivity contribution in [2.24, 2.45) is 0 Å². The summed E-state index contributed by atoms with van der Waals surface area (Å²) in [7, 11) is 0. The van der Waals surface area contributed by atoms with Gasteiger partial charge in [0.05, 0.1) is 24.7 Å². The molecule has 2 heterocycles. The molecule has 0 bridgehead atoms. The smallest absolute Gasteiger partial charge is 0.280 e. The molecule has 8 nitrogen and oxygen atoms in total. The van der Waals surface area contributed by atoms with Crippen molar-refractivity contribution in [2.45, 2.75) is 18.9 Å². The van der Waals surface area contributed by atoms with Crippen LogP contribution in [0.4, 0.5) is 5.95 Å². The highest BCUT2D eigenvalue weighted by molar-refractivity contribution is 5.70. The van der Waals surface area contributed by atoms with Gasteiger partial charge in [0, 0.05) is 12.0 Å². The van der Waals surface area contributed by atoms with Crippen LogP contribution in [0, 0.1) is 0 Å². The summed E-state index contributed by atoms with van der Waals surface area (Å²) in [5.74, 6) is 0.197. The van der Waals surface area contributed by atoms with E-state index in [0.29, 0.717) is 24.1 Å². The Kier molecular flexibility index (Phi) is 2.53. The van der Waals surface area contributed by atoms with Gasteiger partial charge < -0.3 is 20.5 Å². The van der Waals surface area contributed by atoms with Crippen molar-refractivity contribution in [1.82, 2.24) is 19.5 Å². The van der Waals surface area contributed by atoms with Gasteiger partial charge in [-0.3, -0.25) is 9.78 Å². The minimum Gasteiger partial charge on any atom is -0.512 e. The van der Waals surface area contributed by atoms with Crippen LogP contribution >= 0.6 is 0 Å². The van der Waals surface area contributed by atoms with Crippen LogP contribution in [0.15, 0.2) is 22.5 Å². The molecule has 0 saturated carbocycles. The summed E-state index contributed by atoms with van der Waals surface area (Å²) in [6.07, 6.45) is 2.59. The van der Waals surface area contributed by atoms with E-state index in [0.717, 1.165) is 0 Å². The first-order chi connectivity index (χ1) is 9.11. The molecular weight excluding hydrogens is 250 g/mol. The number of rotatable bonds is 2. The number of hydrogen-bond acceptors (Lipinski definition) is 6. The summed E-state index contributed by atoms with van der Waals surface area (Å²) in [6.45, 7) is -0.241. The van der Waals surface area contributed by atoms with Gasteiger partial charge in [-0.2, -0.15) is 4.98 Å². The third-order valence-corrected chi connectivity index (χ3v) is 3.38. The number of H-pyrrole nitrogens is 1. The Hall–Kier alpha value is -2.35. The van der Waals surface area contributed by atoms with Crippen molar-refractivity contribution in [3.8, 4) is 0 Å². The van der Waals surface area contributed by atoms with Crippen LogP contribution in [-0.4, -0.2) is 36.3 Å². The normalized spacial score (nSPS) is 19.5. The molecule has 5 N–H and O–H groups in total. The molecule has 2 aromatic rings. The Bertz CT molecular complexity index is 729. The fraction of sp³-hybridized carbons (Fsp3) is 0.364. The highest BCUT2D eigenvalue weighted by atomic mass is 16.3. The molecular formula is C11H13N5O3. The fourth-order valence-corrected chi connectivity index (χ4v) is 2.48. The number of allylic oxidation sites excluding steroid dienone is 1. The number of aliphatic hydroxyl groups excluding tert-OH is 2. The van der Waals surface area contributed by atoms with Gasteiger partial charge >= 0.3 is 0 Å². The number of nitrogen functional groups attached to an aromatic ring is 1. The number of fused-ring (bicyclic) bond motifs is 1. The first-order valence-corrected chi connectivity index (χ1v) is 5.86. The summed E-state index contributed by atoms with van der Waals surface area (Å²) in [5.41, 5.74) is 6.20. The van der Waals surface area contributed by atoms with Gasteiger partial charge in [-0.05, 0) is 6.42 Å². The minimum absolute atomic E-state index is 0.0102. The van der Waals surface area contributed by atoms with E-state index in [1.807, 2.05) is 0 Å². The maximum atomic E-state index is 11.7. The summed E-state index contributed by atoms with van der Waals surface area (Å²) < 4.78 is 1.66. The fourth-order valence-electron chi connectivity index (χ4n) is 2.48. The SMILES string of the molecule is Nc1nc2c(ncn2C2CCC(O)=C2CO)c(=O)[nH]1. The van der Waals surface area contributed by atoms with Gasteiger partial charge in [0.25, 0.3) is 5.56 Å². The molecule has 0 spiro atoms. The molecule has 0 aliphatic heterocycles. The second-order valence-electron chi connectivity index (χ2n) is 4.46. The number of aromatic nitrogens is 4. The number of imidazole rings is 1. The van der Waals surface area contributed by atoms with Gasteiger partial charge in [0.15, 0.2) is 11.2 Å². The monoisotopic (exact) mass is 263 g/mol. The summed E-state index contributed by atoms with van der Waals surface area (Å²) in [4.78, 5) is 22.1. The number of nitrogens with two attached hydrogens (primary N) is 1. The number of anilines is 1. The highest BCUT2D eigenvalue weighted by Gasteiger charge is 2.28. The average molecular weight is 263 g/mol. The topological polar surface area (TPSA) is 130 Å². The molecule has 100 valence electrons. The maximum Gasteiger partial charge on any atom is 0.280 e. The van der Waals surface area contributed by atoms with Crippen LogP contribution in [0.25, 0.3) is 11.2 Å². The van der Waals surface area contributed by atoms with E-state index in [1.54, 1.807) is 4.57 Å². The number of aliphatic hydroxyl groups is 2. The van der Waals surface area contributed by atoms with Crippen molar-refractivity contribution >= 4 is 17.1 Å². The summed E-state index contributed by atoms with van der Waals surface area (Å²) >= 11 is 0. The van der Waals surface area contributed by atoms with Crippen molar-refractivity contribution in [2.75, 3.05) is 12.3 Å². The number of hydrogen-bond donors (Lipinski definition) is 4.